The lowest BCUT2D eigenvalue weighted by molar-refractivity contribution is 0.622. The number of hydrogen-bond acceptors (Lipinski definition) is 1. The highest BCUT2D eigenvalue weighted by molar-refractivity contribution is 6.33. The van der Waals surface area contributed by atoms with Crippen molar-refractivity contribution in [1.82, 2.24) is 9.55 Å². The predicted octanol–water partition coefficient (Wildman–Crippen LogP) is 6.92. The minimum atomic E-state index is -0.281. The van der Waals surface area contributed by atoms with Crippen molar-refractivity contribution in [1.29, 1.82) is 0 Å². The molecule has 1 heterocycles. The van der Waals surface area contributed by atoms with E-state index >= 15 is 0 Å². The molecule has 136 valence electrons. The van der Waals surface area contributed by atoms with Gasteiger partial charge in [0.15, 0.2) is 0 Å². The Hall–Kier alpha value is -2.65. The molecule has 4 rings (SSSR count). The summed E-state index contributed by atoms with van der Waals surface area (Å²) in [6.45, 7) is 6.08. The van der Waals surface area contributed by atoms with E-state index < -0.39 is 0 Å². The summed E-state index contributed by atoms with van der Waals surface area (Å²) < 4.78 is 16.7. The topological polar surface area (TPSA) is 17.8 Å². The van der Waals surface area contributed by atoms with Crippen LogP contribution in [0, 0.1) is 12.7 Å². The first kappa shape index (κ1) is 17.7. The quantitative estimate of drug-likeness (QED) is 0.378. The molecule has 0 N–H and O–H groups in total. The van der Waals surface area contributed by atoms with Crippen LogP contribution in [0.4, 0.5) is 4.39 Å². The number of fused-ring (bicyclic) bond motifs is 1. The Kier molecular flexibility index (Phi) is 4.48. The van der Waals surface area contributed by atoms with Crippen LogP contribution in [0.3, 0.4) is 0 Å². The summed E-state index contributed by atoms with van der Waals surface area (Å²) in [5.74, 6) is 0.172. The van der Waals surface area contributed by atoms with Gasteiger partial charge in [0, 0.05) is 11.3 Å². The fourth-order valence-electron chi connectivity index (χ4n) is 3.33. The maximum Gasteiger partial charge on any atom is 0.135 e. The first-order valence-electron chi connectivity index (χ1n) is 8.98. The summed E-state index contributed by atoms with van der Waals surface area (Å²) in [6.07, 6.45) is 1.81. The van der Waals surface area contributed by atoms with Crippen LogP contribution in [0.25, 0.3) is 27.8 Å². The van der Waals surface area contributed by atoms with Crippen LogP contribution in [0.5, 0.6) is 0 Å². The third-order valence-corrected chi connectivity index (χ3v) is 5.25. The lowest BCUT2D eigenvalue weighted by atomic mass is 10.0. The van der Waals surface area contributed by atoms with Crippen LogP contribution in [-0.4, -0.2) is 9.55 Å². The molecule has 0 fully saturated rings. The summed E-state index contributed by atoms with van der Waals surface area (Å²) >= 11 is 6.30. The molecule has 0 aliphatic rings. The van der Waals surface area contributed by atoms with Gasteiger partial charge in [-0.3, -0.25) is 4.57 Å². The van der Waals surface area contributed by atoms with Gasteiger partial charge in [0.05, 0.1) is 16.1 Å². The van der Waals surface area contributed by atoms with Crippen LogP contribution < -0.4 is 0 Å². The molecule has 0 atom stereocenters. The predicted molar refractivity (Wildman–Crippen MR) is 110 cm³/mol. The Bertz CT molecular complexity index is 1140. The van der Waals surface area contributed by atoms with Gasteiger partial charge in [-0.25, -0.2) is 9.37 Å². The maximum absolute atomic E-state index is 14.7. The number of benzene rings is 3. The van der Waals surface area contributed by atoms with Gasteiger partial charge in [0.2, 0.25) is 0 Å². The normalized spacial score (nSPS) is 11.5. The van der Waals surface area contributed by atoms with Gasteiger partial charge in [-0.2, -0.15) is 0 Å². The van der Waals surface area contributed by atoms with E-state index in [2.05, 4.69) is 37.0 Å². The van der Waals surface area contributed by atoms with E-state index in [0.717, 1.165) is 22.3 Å². The fourth-order valence-corrected chi connectivity index (χ4v) is 3.58. The number of halogens is 2. The van der Waals surface area contributed by atoms with Gasteiger partial charge in [-0.15, -0.1) is 0 Å². The first-order chi connectivity index (χ1) is 13.0. The number of rotatable bonds is 3. The Balaban J connectivity index is 1.85. The van der Waals surface area contributed by atoms with Crippen molar-refractivity contribution < 1.29 is 4.39 Å². The van der Waals surface area contributed by atoms with Gasteiger partial charge in [0.25, 0.3) is 0 Å². The molecule has 0 radical (unpaired) electrons. The van der Waals surface area contributed by atoms with Gasteiger partial charge in [0.1, 0.15) is 12.1 Å². The van der Waals surface area contributed by atoms with Gasteiger partial charge in [-0.05, 0) is 59.9 Å². The summed E-state index contributed by atoms with van der Waals surface area (Å²) in [5, 5.41) is 0.410. The zero-order valence-corrected chi connectivity index (χ0v) is 16.3. The summed E-state index contributed by atoms with van der Waals surface area (Å²) in [4.78, 5) is 4.55. The van der Waals surface area contributed by atoms with Crippen molar-refractivity contribution in [2.45, 2.75) is 26.7 Å². The first-order valence-corrected chi connectivity index (χ1v) is 9.36. The highest BCUT2D eigenvalue weighted by atomic mass is 35.5. The molecule has 3 aromatic carbocycles. The third-order valence-electron chi connectivity index (χ3n) is 4.94. The Morgan fingerprint density at radius 2 is 1.85 bits per heavy atom. The monoisotopic (exact) mass is 378 g/mol. The number of aryl methyl sites for hydroxylation is 1. The number of aromatic nitrogens is 2. The van der Waals surface area contributed by atoms with Crippen LogP contribution in [0.1, 0.15) is 30.9 Å². The second-order valence-electron chi connectivity index (χ2n) is 7.12. The molecular weight excluding hydrogens is 359 g/mol. The standard InChI is InChI=1S/C23H20ClFN2/c1-14(2)16-8-10-21-20(12-16)26-13-27(21)18-6-4-5-17(11-18)22-19(24)9-7-15(3)23(22)25/h4-14H,1-3H3. The van der Waals surface area contributed by atoms with Crippen molar-refractivity contribution >= 4 is 22.6 Å². The lowest BCUT2D eigenvalue weighted by Crippen LogP contribution is -1.95. The van der Waals surface area contributed by atoms with E-state index in [-0.39, 0.29) is 5.82 Å². The fraction of sp³-hybridized carbons (Fsp3) is 0.174. The van der Waals surface area contributed by atoms with Gasteiger partial charge in [-0.1, -0.05) is 49.7 Å². The SMILES string of the molecule is Cc1ccc(Cl)c(-c2cccc(-n3cnc4cc(C(C)C)ccc43)c2)c1F. The van der Waals surface area contributed by atoms with E-state index in [1.165, 1.54) is 5.56 Å². The Morgan fingerprint density at radius 1 is 1.04 bits per heavy atom. The Labute approximate surface area is 163 Å². The highest BCUT2D eigenvalue weighted by Gasteiger charge is 2.14. The zero-order valence-electron chi connectivity index (χ0n) is 15.5. The molecule has 0 amide bonds. The Morgan fingerprint density at radius 3 is 2.63 bits per heavy atom. The van der Waals surface area contributed by atoms with E-state index in [9.17, 15) is 4.39 Å². The molecule has 4 heteroatoms. The van der Waals surface area contributed by atoms with Crippen molar-refractivity contribution in [3.63, 3.8) is 0 Å². The van der Waals surface area contributed by atoms with Gasteiger partial charge < -0.3 is 0 Å². The molecule has 0 saturated carbocycles. The molecule has 0 spiro atoms. The largest absolute Gasteiger partial charge is 0.299 e. The van der Waals surface area contributed by atoms with E-state index in [4.69, 9.17) is 11.6 Å². The molecule has 4 aromatic rings. The van der Waals surface area contributed by atoms with Crippen LogP contribution in [0.15, 0.2) is 60.9 Å². The summed E-state index contributed by atoms with van der Waals surface area (Å²) in [6, 6.07) is 17.5. The third kappa shape index (κ3) is 3.13. The van der Waals surface area contributed by atoms with Crippen molar-refractivity contribution in [2.24, 2.45) is 0 Å². The average Bonchev–Trinajstić information content (AvgIpc) is 3.08. The highest BCUT2D eigenvalue weighted by Crippen LogP contribution is 2.33. The molecule has 27 heavy (non-hydrogen) atoms. The van der Waals surface area contributed by atoms with Crippen molar-refractivity contribution in [3.8, 4) is 16.8 Å². The molecule has 0 saturated heterocycles. The molecule has 0 unspecified atom stereocenters. The molecule has 0 aliphatic heterocycles. The minimum absolute atomic E-state index is 0.281. The molecule has 1 aromatic heterocycles. The number of hydrogen-bond donors (Lipinski definition) is 0. The maximum atomic E-state index is 14.7. The summed E-state index contributed by atoms with van der Waals surface area (Å²) in [7, 11) is 0. The second kappa shape index (κ2) is 6.82. The molecular formula is C23H20ClFN2. The minimum Gasteiger partial charge on any atom is -0.299 e. The number of nitrogens with zero attached hydrogens (tertiary/aromatic N) is 2. The van der Waals surface area contributed by atoms with Gasteiger partial charge >= 0.3 is 0 Å². The molecule has 2 nitrogen and oxygen atoms in total. The van der Waals surface area contributed by atoms with E-state index in [1.54, 1.807) is 19.1 Å². The smallest absolute Gasteiger partial charge is 0.135 e. The van der Waals surface area contributed by atoms with Crippen LogP contribution in [0.2, 0.25) is 5.02 Å². The van der Waals surface area contributed by atoms with E-state index in [1.807, 2.05) is 35.2 Å². The lowest BCUT2D eigenvalue weighted by Gasteiger charge is -2.11. The molecule has 0 aliphatic carbocycles. The second-order valence-corrected chi connectivity index (χ2v) is 7.53. The van der Waals surface area contributed by atoms with Crippen molar-refractivity contribution in [2.75, 3.05) is 0 Å². The zero-order chi connectivity index (χ0) is 19.1. The van der Waals surface area contributed by atoms with Crippen LogP contribution >= 0.6 is 11.6 Å². The van der Waals surface area contributed by atoms with Crippen LogP contribution in [-0.2, 0) is 0 Å². The molecule has 0 bridgehead atoms. The number of imidazole rings is 1. The summed E-state index contributed by atoms with van der Waals surface area (Å²) in [5.41, 5.74) is 5.91. The average molecular weight is 379 g/mol. The van der Waals surface area contributed by atoms with E-state index in [0.29, 0.717) is 22.1 Å². The van der Waals surface area contributed by atoms with Crippen molar-refractivity contribution in [3.05, 3.63) is 82.9 Å².